The Balaban J connectivity index is 1.27. The van der Waals surface area contributed by atoms with Gasteiger partial charge in [0.15, 0.2) is 0 Å². The maximum absolute atomic E-state index is 6.59. The van der Waals surface area contributed by atoms with Gasteiger partial charge in [-0.3, -0.25) is 0 Å². The van der Waals surface area contributed by atoms with E-state index >= 15 is 0 Å². The van der Waals surface area contributed by atoms with E-state index in [1.54, 1.807) is 0 Å². The monoisotopic (exact) mass is 715 g/mol. The van der Waals surface area contributed by atoms with E-state index in [1.165, 1.54) is 55.6 Å². The second-order valence-electron chi connectivity index (χ2n) is 17.9. The smallest absolute Gasteiger partial charge is 0.137 e. The number of hydrogen-bond donors (Lipinski definition) is 0. The Labute approximate surface area is 326 Å². The zero-order chi connectivity index (χ0) is 38.3. The molecule has 2 nitrogen and oxygen atoms in total. The highest BCUT2D eigenvalue weighted by molar-refractivity contribution is 6.14. The third-order valence-corrected chi connectivity index (χ3v) is 11.7. The van der Waals surface area contributed by atoms with Crippen LogP contribution in [0.3, 0.4) is 0 Å². The zero-order valence-corrected chi connectivity index (χ0v) is 33.3. The molecule has 0 unspecified atom stereocenters. The van der Waals surface area contributed by atoms with E-state index in [0.717, 1.165) is 39.0 Å². The van der Waals surface area contributed by atoms with Gasteiger partial charge in [-0.15, -0.1) is 0 Å². The van der Waals surface area contributed by atoms with E-state index in [2.05, 4.69) is 212 Å². The summed E-state index contributed by atoms with van der Waals surface area (Å²) >= 11 is 0. The van der Waals surface area contributed by atoms with Crippen molar-refractivity contribution in [2.45, 2.75) is 71.6 Å². The molecule has 0 radical (unpaired) electrons. The number of furan rings is 1. The summed E-state index contributed by atoms with van der Waals surface area (Å²) < 4.78 is 6.59. The van der Waals surface area contributed by atoms with Crippen LogP contribution in [0.2, 0.25) is 0 Å². The van der Waals surface area contributed by atoms with Crippen molar-refractivity contribution in [2.24, 2.45) is 0 Å². The summed E-state index contributed by atoms with van der Waals surface area (Å²) in [5.41, 5.74) is 18.0. The molecule has 1 heterocycles. The van der Waals surface area contributed by atoms with Gasteiger partial charge in [-0.1, -0.05) is 159 Å². The van der Waals surface area contributed by atoms with Gasteiger partial charge in [0.1, 0.15) is 11.2 Å². The van der Waals surface area contributed by atoms with Crippen molar-refractivity contribution in [1.82, 2.24) is 0 Å². The second-order valence-corrected chi connectivity index (χ2v) is 17.9. The SMILES string of the molecule is CC(C)(C)c1cc2c(c(C(C)(C)C)c1)C(C)(C)c1cc(N(c3ccc(-c4ccccc4)cc3)c3cccc4oc5ccc(-c6ccccc6)cc5c34)ccc1-2. The summed E-state index contributed by atoms with van der Waals surface area (Å²) in [6, 6.07) is 55.4. The van der Waals surface area contributed by atoms with Gasteiger partial charge in [0, 0.05) is 22.2 Å². The molecule has 0 saturated carbocycles. The first kappa shape index (κ1) is 34.9. The van der Waals surface area contributed by atoms with Gasteiger partial charge in [-0.2, -0.15) is 0 Å². The molecular formula is C53H49NO. The van der Waals surface area contributed by atoms with Gasteiger partial charge in [-0.25, -0.2) is 0 Å². The Morgan fingerprint density at radius 3 is 1.76 bits per heavy atom. The lowest BCUT2D eigenvalue weighted by Crippen LogP contribution is -2.25. The van der Waals surface area contributed by atoms with Crippen LogP contribution in [-0.2, 0) is 16.2 Å². The Morgan fingerprint density at radius 1 is 0.491 bits per heavy atom. The standard InChI is InChI=1S/C53H49NO/c1-51(2,3)38-31-42-41-28-27-40(33-44(41)53(7,8)50(42)45(32-38)52(4,5)6)54(39-25-22-36(23-26-39)34-16-11-9-12-17-34)46-20-15-21-48-49(46)43-30-37(24-29-47(43)55-48)35-18-13-10-14-19-35/h9-33H,1-8H3. The van der Waals surface area contributed by atoms with E-state index in [4.69, 9.17) is 4.42 Å². The van der Waals surface area contributed by atoms with Crippen molar-refractivity contribution < 1.29 is 4.42 Å². The third kappa shape index (κ3) is 5.87. The van der Waals surface area contributed by atoms with Crippen LogP contribution >= 0.6 is 0 Å². The van der Waals surface area contributed by atoms with Crippen LogP contribution in [0.5, 0.6) is 0 Å². The van der Waals surface area contributed by atoms with Crippen LogP contribution in [0.1, 0.15) is 77.6 Å². The lowest BCUT2D eigenvalue weighted by molar-refractivity contribution is 0.545. The Bertz CT molecular complexity index is 2720. The van der Waals surface area contributed by atoms with Gasteiger partial charge in [0.05, 0.1) is 11.1 Å². The Morgan fingerprint density at radius 2 is 1.11 bits per heavy atom. The lowest BCUT2D eigenvalue weighted by Gasteiger charge is -2.33. The molecule has 0 saturated heterocycles. The fourth-order valence-corrected chi connectivity index (χ4v) is 8.78. The quantitative estimate of drug-likeness (QED) is 0.176. The van der Waals surface area contributed by atoms with E-state index in [-0.39, 0.29) is 16.2 Å². The topological polar surface area (TPSA) is 16.4 Å². The molecule has 8 aromatic rings. The van der Waals surface area contributed by atoms with Crippen molar-refractivity contribution in [3.8, 4) is 33.4 Å². The first-order chi connectivity index (χ1) is 26.3. The normalized spacial score (nSPS) is 13.6. The van der Waals surface area contributed by atoms with E-state index in [1.807, 2.05) is 0 Å². The highest BCUT2D eigenvalue weighted by Crippen LogP contribution is 2.55. The molecule has 7 aromatic carbocycles. The zero-order valence-electron chi connectivity index (χ0n) is 33.3. The molecule has 0 spiro atoms. The maximum atomic E-state index is 6.59. The summed E-state index contributed by atoms with van der Waals surface area (Å²) in [5, 5.41) is 2.21. The molecule has 0 atom stereocenters. The van der Waals surface area contributed by atoms with Gasteiger partial charge < -0.3 is 9.32 Å². The number of hydrogen-bond acceptors (Lipinski definition) is 2. The molecular weight excluding hydrogens is 667 g/mol. The van der Waals surface area contributed by atoms with Crippen LogP contribution in [-0.4, -0.2) is 0 Å². The average molecular weight is 716 g/mol. The first-order valence-corrected chi connectivity index (χ1v) is 19.6. The van der Waals surface area contributed by atoms with Crippen molar-refractivity contribution in [1.29, 1.82) is 0 Å². The summed E-state index contributed by atoms with van der Waals surface area (Å²) in [4.78, 5) is 2.44. The molecule has 1 aliphatic carbocycles. The molecule has 0 aliphatic heterocycles. The fourth-order valence-electron chi connectivity index (χ4n) is 8.78. The van der Waals surface area contributed by atoms with Crippen molar-refractivity contribution in [3.05, 3.63) is 174 Å². The molecule has 1 aromatic heterocycles. The van der Waals surface area contributed by atoms with Gasteiger partial charge in [0.2, 0.25) is 0 Å². The molecule has 55 heavy (non-hydrogen) atoms. The van der Waals surface area contributed by atoms with Crippen LogP contribution in [0, 0.1) is 0 Å². The fraction of sp³-hybridized carbons (Fsp3) is 0.208. The van der Waals surface area contributed by atoms with Gasteiger partial charge in [-0.05, 0) is 115 Å². The number of nitrogens with zero attached hydrogens (tertiary/aromatic N) is 1. The maximum Gasteiger partial charge on any atom is 0.137 e. The summed E-state index contributed by atoms with van der Waals surface area (Å²) in [6.07, 6.45) is 0. The minimum Gasteiger partial charge on any atom is -0.456 e. The highest BCUT2D eigenvalue weighted by Gasteiger charge is 2.41. The molecule has 2 heteroatoms. The predicted molar refractivity (Wildman–Crippen MR) is 234 cm³/mol. The predicted octanol–water partition coefficient (Wildman–Crippen LogP) is 15.3. The molecule has 272 valence electrons. The third-order valence-electron chi connectivity index (χ3n) is 11.7. The molecule has 1 aliphatic rings. The molecule has 9 rings (SSSR count). The average Bonchev–Trinajstić information content (AvgIpc) is 3.66. The number of rotatable bonds is 5. The van der Waals surface area contributed by atoms with Crippen LogP contribution in [0.25, 0.3) is 55.3 Å². The lowest BCUT2D eigenvalue weighted by atomic mass is 9.71. The minimum absolute atomic E-state index is 0.00337. The minimum atomic E-state index is -0.193. The van der Waals surface area contributed by atoms with Gasteiger partial charge >= 0.3 is 0 Å². The van der Waals surface area contributed by atoms with Crippen LogP contribution < -0.4 is 4.90 Å². The summed E-state index contributed by atoms with van der Waals surface area (Å²) in [6.45, 7) is 18.9. The van der Waals surface area contributed by atoms with Gasteiger partial charge in [0.25, 0.3) is 0 Å². The molecule has 0 N–H and O–H groups in total. The van der Waals surface area contributed by atoms with Crippen LogP contribution in [0.15, 0.2) is 156 Å². The summed E-state index contributed by atoms with van der Waals surface area (Å²) in [5.74, 6) is 0. The van der Waals surface area contributed by atoms with E-state index in [0.29, 0.717) is 0 Å². The van der Waals surface area contributed by atoms with Crippen molar-refractivity contribution in [3.63, 3.8) is 0 Å². The molecule has 0 bridgehead atoms. The van der Waals surface area contributed by atoms with Crippen molar-refractivity contribution >= 4 is 39.0 Å². The number of fused-ring (bicyclic) bond motifs is 6. The van der Waals surface area contributed by atoms with E-state index in [9.17, 15) is 0 Å². The Kier molecular flexibility index (Phi) is 7.99. The first-order valence-electron chi connectivity index (χ1n) is 19.6. The Hall–Kier alpha value is -5.86. The second kappa shape index (κ2) is 12.6. The van der Waals surface area contributed by atoms with Crippen LogP contribution in [0.4, 0.5) is 17.1 Å². The number of anilines is 3. The van der Waals surface area contributed by atoms with E-state index < -0.39 is 0 Å². The highest BCUT2D eigenvalue weighted by atomic mass is 16.3. The summed E-state index contributed by atoms with van der Waals surface area (Å²) in [7, 11) is 0. The van der Waals surface area contributed by atoms with Crippen molar-refractivity contribution in [2.75, 3.05) is 4.90 Å². The molecule has 0 amide bonds. The number of benzene rings is 7. The largest absolute Gasteiger partial charge is 0.456 e. The molecule has 0 fully saturated rings.